The van der Waals surface area contributed by atoms with Crippen LogP contribution in [0.1, 0.15) is 49.4 Å². The summed E-state index contributed by atoms with van der Waals surface area (Å²) in [6.45, 7) is 0. The largest absolute Gasteiger partial charge is 0.339 e. The molecule has 1 aromatic heterocycles. The second-order valence-corrected chi connectivity index (χ2v) is 7.74. The van der Waals surface area contributed by atoms with Gasteiger partial charge in [0.25, 0.3) is 0 Å². The van der Waals surface area contributed by atoms with Gasteiger partial charge in [-0.3, -0.25) is 0 Å². The van der Waals surface area contributed by atoms with Gasteiger partial charge in [-0.05, 0) is 36.5 Å². The molecule has 1 saturated carbocycles. The Balaban J connectivity index is 1.67. The van der Waals surface area contributed by atoms with E-state index in [0.29, 0.717) is 24.1 Å². The van der Waals surface area contributed by atoms with E-state index in [2.05, 4.69) is 10.1 Å². The van der Waals surface area contributed by atoms with Gasteiger partial charge >= 0.3 is 0 Å². The number of hydrogen-bond donors (Lipinski definition) is 1. The Morgan fingerprint density at radius 3 is 2.74 bits per heavy atom. The number of primary sulfonamides is 1. The highest BCUT2D eigenvalue weighted by molar-refractivity contribution is 7.89. The maximum absolute atomic E-state index is 11.4. The second-order valence-electron chi connectivity index (χ2n) is 6.18. The van der Waals surface area contributed by atoms with Crippen LogP contribution in [0.15, 0.2) is 33.7 Å². The number of sulfonamides is 1. The first-order valence-electron chi connectivity index (χ1n) is 7.94. The van der Waals surface area contributed by atoms with Crippen LogP contribution in [0.25, 0.3) is 0 Å². The monoisotopic (exact) mass is 335 g/mol. The zero-order valence-electron chi connectivity index (χ0n) is 12.9. The minimum absolute atomic E-state index is 0.0981. The number of benzene rings is 1. The molecule has 1 heterocycles. The van der Waals surface area contributed by atoms with Gasteiger partial charge in [-0.1, -0.05) is 36.6 Å². The summed E-state index contributed by atoms with van der Waals surface area (Å²) in [5.41, 5.74) is 0.793. The number of rotatable bonds is 5. The molecular weight excluding hydrogens is 314 g/mol. The van der Waals surface area contributed by atoms with E-state index in [0.717, 1.165) is 12.0 Å². The Morgan fingerprint density at radius 1 is 1.22 bits per heavy atom. The summed E-state index contributed by atoms with van der Waals surface area (Å²) in [5.74, 6) is 1.89. The predicted molar refractivity (Wildman–Crippen MR) is 85.2 cm³/mol. The lowest BCUT2D eigenvalue weighted by atomic mass is 9.87. The van der Waals surface area contributed by atoms with Crippen LogP contribution in [0, 0.1) is 5.92 Å². The average Bonchev–Trinajstić information content (AvgIpc) is 2.95. The molecule has 3 rings (SSSR count). The van der Waals surface area contributed by atoms with Crippen LogP contribution < -0.4 is 5.14 Å². The Morgan fingerprint density at radius 2 is 2.00 bits per heavy atom. The standard InChI is InChI=1S/C16H21N3O3S/c17-23(20,21)14-8-4-7-13(9-14)10-15-18-16(22-19-15)11-12-5-2-1-3-6-12/h4,7-9,12H,1-3,5-6,10-11H2,(H2,17,20,21). The molecule has 0 unspecified atom stereocenters. The quantitative estimate of drug-likeness (QED) is 0.904. The van der Waals surface area contributed by atoms with Crippen LogP contribution in [-0.2, 0) is 22.9 Å². The normalized spacial score (nSPS) is 16.6. The minimum atomic E-state index is -3.70. The van der Waals surface area contributed by atoms with E-state index in [1.165, 1.54) is 38.2 Å². The van der Waals surface area contributed by atoms with E-state index in [1.807, 2.05) is 6.07 Å². The van der Waals surface area contributed by atoms with E-state index >= 15 is 0 Å². The average molecular weight is 335 g/mol. The molecule has 0 radical (unpaired) electrons. The van der Waals surface area contributed by atoms with Crippen molar-refractivity contribution >= 4 is 10.0 Å². The lowest BCUT2D eigenvalue weighted by Crippen LogP contribution is -2.12. The van der Waals surface area contributed by atoms with Gasteiger partial charge in [-0.25, -0.2) is 13.6 Å². The van der Waals surface area contributed by atoms with E-state index in [1.54, 1.807) is 12.1 Å². The third-order valence-electron chi connectivity index (χ3n) is 4.29. The molecule has 0 amide bonds. The van der Waals surface area contributed by atoms with Gasteiger partial charge < -0.3 is 4.52 Å². The maximum atomic E-state index is 11.4. The fraction of sp³-hybridized carbons (Fsp3) is 0.500. The third-order valence-corrected chi connectivity index (χ3v) is 5.20. The summed E-state index contributed by atoms with van der Waals surface area (Å²) in [6, 6.07) is 6.51. The van der Waals surface area contributed by atoms with Crippen LogP contribution >= 0.6 is 0 Å². The molecule has 2 N–H and O–H groups in total. The van der Waals surface area contributed by atoms with Gasteiger partial charge in [-0.2, -0.15) is 4.98 Å². The summed E-state index contributed by atoms with van der Waals surface area (Å²) in [4.78, 5) is 4.53. The SMILES string of the molecule is NS(=O)(=O)c1cccc(Cc2noc(CC3CCCCC3)n2)c1. The Labute approximate surface area is 136 Å². The zero-order chi connectivity index (χ0) is 16.3. The molecule has 0 atom stereocenters. The number of hydrogen-bond acceptors (Lipinski definition) is 5. The third kappa shape index (κ3) is 4.39. The van der Waals surface area contributed by atoms with Gasteiger partial charge in [0.15, 0.2) is 5.82 Å². The molecule has 124 valence electrons. The topological polar surface area (TPSA) is 99.1 Å². The molecule has 1 aromatic carbocycles. The highest BCUT2D eigenvalue weighted by atomic mass is 32.2. The first-order chi connectivity index (χ1) is 11.0. The summed E-state index contributed by atoms with van der Waals surface area (Å²) >= 11 is 0. The fourth-order valence-electron chi connectivity index (χ4n) is 3.10. The molecule has 0 aliphatic heterocycles. The minimum Gasteiger partial charge on any atom is -0.339 e. The molecule has 1 aliphatic carbocycles. The van der Waals surface area contributed by atoms with Crippen LogP contribution in [-0.4, -0.2) is 18.6 Å². The van der Waals surface area contributed by atoms with Crippen molar-refractivity contribution in [2.24, 2.45) is 11.1 Å². The van der Waals surface area contributed by atoms with Crippen LogP contribution in [0.5, 0.6) is 0 Å². The lowest BCUT2D eigenvalue weighted by Gasteiger charge is -2.19. The zero-order valence-corrected chi connectivity index (χ0v) is 13.8. The van der Waals surface area contributed by atoms with Crippen molar-refractivity contribution < 1.29 is 12.9 Å². The molecule has 2 aromatic rings. The highest BCUT2D eigenvalue weighted by Crippen LogP contribution is 2.26. The smallest absolute Gasteiger partial charge is 0.238 e. The van der Waals surface area contributed by atoms with E-state index in [-0.39, 0.29) is 4.90 Å². The molecule has 23 heavy (non-hydrogen) atoms. The van der Waals surface area contributed by atoms with E-state index < -0.39 is 10.0 Å². The summed E-state index contributed by atoms with van der Waals surface area (Å²) < 4.78 is 28.1. The van der Waals surface area contributed by atoms with Gasteiger partial charge in [0, 0.05) is 12.8 Å². The maximum Gasteiger partial charge on any atom is 0.238 e. The van der Waals surface area contributed by atoms with Gasteiger partial charge in [0.1, 0.15) is 0 Å². The predicted octanol–water partition coefficient (Wildman–Crippen LogP) is 2.43. The van der Waals surface area contributed by atoms with Crippen molar-refractivity contribution in [3.8, 4) is 0 Å². The number of nitrogens with zero attached hydrogens (tertiary/aromatic N) is 2. The first kappa shape index (κ1) is 16.1. The van der Waals surface area contributed by atoms with Crippen LogP contribution in [0.3, 0.4) is 0 Å². The fourth-order valence-corrected chi connectivity index (χ4v) is 3.68. The Kier molecular flexibility index (Phi) is 4.77. The number of nitrogens with two attached hydrogens (primary N) is 1. The van der Waals surface area contributed by atoms with Gasteiger partial charge in [0.05, 0.1) is 4.90 Å². The highest BCUT2D eigenvalue weighted by Gasteiger charge is 2.18. The molecule has 0 bridgehead atoms. The van der Waals surface area contributed by atoms with Crippen molar-refractivity contribution in [3.63, 3.8) is 0 Å². The Hall–Kier alpha value is -1.73. The molecule has 1 fully saturated rings. The summed E-state index contributed by atoms with van der Waals surface area (Å²) in [7, 11) is -3.70. The lowest BCUT2D eigenvalue weighted by molar-refractivity contribution is 0.304. The van der Waals surface area contributed by atoms with Gasteiger partial charge in [0.2, 0.25) is 15.9 Å². The summed E-state index contributed by atoms with van der Waals surface area (Å²) in [6.07, 6.45) is 7.62. The van der Waals surface area contributed by atoms with Crippen LogP contribution in [0.2, 0.25) is 0 Å². The van der Waals surface area contributed by atoms with Crippen LogP contribution in [0.4, 0.5) is 0 Å². The molecule has 0 spiro atoms. The van der Waals surface area contributed by atoms with Gasteiger partial charge in [-0.15, -0.1) is 0 Å². The molecular formula is C16H21N3O3S. The van der Waals surface area contributed by atoms with E-state index in [4.69, 9.17) is 9.66 Å². The second kappa shape index (κ2) is 6.80. The van der Waals surface area contributed by atoms with Crippen molar-refractivity contribution in [1.82, 2.24) is 10.1 Å². The molecule has 6 nitrogen and oxygen atoms in total. The van der Waals surface area contributed by atoms with Crippen molar-refractivity contribution in [2.45, 2.75) is 49.8 Å². The first-order valence-corrected chi connectivity index (χ1v) is 9.48. The number of aromatic nitrogens is 2. The van der Waals surface area contributed by atoms with Crippen molar-refractivity contribution in [1.29, 1.82) is 0 Å². The molecule has 1 aliphatic rings. The van der Waals surface area contributed by atoms with E-state index in [9.17, 15) is 8.42 Å². The Bertz CT molecular complexity index is 764. The summed E-state index contributed by atoms with van der Waals surface area (Å²) in [5, 5.41) is 9.15. The van der Waals surface area contributed by atoms with Crippen molar-refractivity contribution in [3.05, 3.63) is 41.5 Å². The molecule has 7 heteroatoms. The van der Waals surface area contributed by atoms with Crippen molar-refractivity contribution in [2.75, 3.05) is 0 Å². The molecule has 0 saturated heterocycles.